The molecule has 2 aromatic rings. The molecule has 1 heterocycles. The summed E-state index contributed by atoms with van der Waals surface area (Å²) in [6.07, 6.45) is 1.79. The Bertz CT molecular complexity index is 684. The molecule has 1 aromatic heterocycles. The van der Waals surface area contributed by atoms with E-state index in [0.717, 1.165) is 5.56 Å². The third-order valence-electron chi connectivity index (χ3n) is 3.80. The summed E-state index contributed by atoms with van der Waals surface area (Å²) < 4.78 is 5.66. The van der Waals surface area contributed by atoms with Gasteiger partial charge >= 0.3 is 0 Å². The highest BCUT2D eigenvalue weighted by molar-refractivity contribution is 5.94. The average molecular weight is 342 g/mol. The Morgan fingerprint density at radius 1 is 1.28 bits per heavy atom. The Balaban J connectivity index is 1.92. The summed E-state index contributed by atoms with van der Waals surface area (Å²) in [7, 11) is 0. The number of benzene rings is 1. The summed E-state index contributed by atoms with van der Waals surface area (Å²) in [5, 5.41) is 12.4. The molecule has 0 aliphatic rings. The second-order valence-corrected chi connectivity index (χ2v) is 7.06. The lowest BCUT2D eigenvalue weighted by Gasteiger charge is -2.26. The van der Waals surface area contributed by atoms with Crippen molar-refractivity contribution in [3.8, 4) is 5.88 Å². The summed E-state index contributed by atoms with van der Waals surface area (Å²) in [4.78, 5) is 16.5. The van der Waals surface area contributed by atoms with Gasteiger partial charge in [-0.25, -0.2) is 4.98 Å². The Morgan fingerprint density at radius 3 is 2.68 bits per heavy atom. The largest absolute Gasteiger partial charge is 0.473 e. The maximum absolute atomic E-state index is 12.3. The van der Waals surface area contributed by atoms with E-state index in [4.69, 9.17) is 4.74 Å². The van der Waals surface area contributed by atoms with E-state index in [1.165, 1.54) is 0 Å². The average Bonchev–Trinajstić information content (AvgIpc) is 2.58. The van der Waals surface area contributed by atoms with Gasteiger partial charge in [0.1, 0.15) is 6.61 Å². The molecule has 0 aliphatic heterocycles. The molecule has 0 fully saturated rings. The Labute approximate surface area is 149 Å². The first kappa shape index (κ1) is 18.9. The molecular weight excluding hydrogens is 316 g/mol. The maximum atomic E-state index is 12.3. The normalized spacial score (nSPS) is 12.5. The first-order chi connectivity index (χ1) is 11.9. The number of aliphatic hydroxyl groups is 1. The molecule has 5 heteroatoms. The molecule has 134 valence electrons. The number of rotatable bonds is 8. The molecule has 2 rings (SSSR count). The predicted molar refractivity (Wildman–Crippen MR) is 97.4 cm³/mol. The quantitative estimate of drug-likeness (QED) is 0.773. The molecule has 0 bridgehead atoms. The zero-order valence-corrected chi connectivity index (χ0v) is 15.0. The molecule has 0 radical (unpaired) electrons. The van der Waals surface area contributed by atoms with E-state index in [9.17, 15) is 9.90 Å². The second-order valence-electron chi connectivity index (χ2n) is 7.06. The zero-order valence-electron chi connectivity index (χ0n) is 15.0. The number of hydrogen-bond acceptors (Lipinski definition) is 4. The van der Waals surface area contributed by atoms with Crippen molar-refractivity contribution in [1.29, 1.82) is 0 Å². The van der Waals surface area contributed by atoms with Gasteiger partial charge in [0.05, 0.1) is 6.10 Å². The molecule has 2 N–H and O–H groups in total. The molecule has 0 aliphatic carbocycles. The summed E-state index contributed by atoms with van der Waals surface area (Å²) in [6, 6.07) is 13.1. The first-order valence-electron chi connectivity index (χ1n) is 8.45. The molecule has 0 saturated carbocycles. The van der Waals surface area contributed by atoms with Gasteiger partial charge in [-0.1, -0.05) is 44.2 Å². The van der Waals surface area contributed by atoms with Crippen molar-refractivity contribution < 1.29 is 14.6 Å². The maximum Gasteiger partial charge on any atom is 0.251 e. The van der Waals surface area contributed by atoms with Gasteiger partial charge in [0.25, 0.3) is 5.91 Å². The van der Waals surface area contributed by atoms with Crippen molar-refractivity contribution in [2.75, 3.05) is 6.54 Å². The Hall–Kier alpha value is -2.40. The highest BCUT2D eigenvalue weighted by Crippen LogP contribution is 2.21. The molecule has 1 aromatic carbocycles. The fraction of sp³-hybridized carbons (Fsp3) is 0.400. The molecule has 1 amide bonds. The number of aliphatic hydroxyl groups excluding tert-OH is 1. The number of aromatic nitrogens is 1. The van der Waals surface area contributed by atoms with E-state index >= 15 is 0 Å². The van der Waals surface area contributed by atoms with Crippen molar-refractivity contribution in [2.24, 2.45) is 5.41 Å². The molecule has 1 atom stereocenters. The van der Waals surface area contributed by atoms with Crippen LogP contribution >= 0.6 is 0 Å². The molecule has 1 unspecified atom stereocenters. The van der Waals surface area contributed by atoms with Gasteiger partial charge in [-0.3, -0.25) is 4.79 Å². The lowest BCUT2D eigenvalue weighted by Crippen LogP contribution is -2.35. The topological polar surface area (TPSA) is 71.5 Å². The van der Waals surface area contributed by atoms with Gasteiger partial charge in [-0.15, -0.1) is 0 Å². The van der Waals surface area contributed by atoms with Crippen LogP contribution in [0.2, 0.25) is 0 Å². The van der Waals surface area contributed by atoms with Crippen molar-refractivity contribution in [3.63, 3.8) is 0 Å². The summed E-state index contributed by atoms with van der Waals surface area (Å²) in [5.41, 5.74) is 1.37. The van der Waals surface area contributed by atoms with Crippen LogP contribution in [0.3, 0.4) is 0 Å². The van der Waals surface area contributed by atoms with Gasteiger partial charge in [0, 0.05) is 24.4 Å². The fourth-order valence-electron chi connectivity index (χ4n) is 2.65. The van der Waals surface area contributed by atoms with Crippen molar-refractivity contribution in [1.82, 2.24) is 10.3 Å². The third-order valence-corrected chi connectivity index (χ3v) is 3.80. The van der Waals surface area contributed by atoms with E-state index in [0.29, 0.717) is 31.0 Å². The van der Waals surface area contributed by atoms with Crippen LogP contribution in [-0.2, 0) is 6.61 Å². The van der Waals surface area contributed by atoms with Crippen LogP contribution in [0.5, 0.6) is 5.88 Å². The SMILES string of the molecule is CC(O)CC(C)(C)CNC(=O)c1ccnc(OCc2ccccc2)c1. The third kappa shape index (κ3) is 6.55. The van der Waals surface area contributed by atoms with Crippen molar-refractivity contribution in [2.45, 2.75) is 39.9 Å². The van der Waals surface area contributed by atoms with E-state index in [2.05, 4.69) is 10.3 Å². The van der Waals surface area contributed by atoms with Crippen LogP contribution < -0.4 is 10.1 Å². The molecule has 0 saturated heterocycles. The lowest BCUT2D eigenvalue weighted by atomic mass is 9.87. The highest BCUT2D eigenvalue weighted by atomic mass is 16.5. The summed E-state index contributed by atoms with van der Waals surface area (Å²) in [6.45, 7) is 6.67. The van der Waals surface area contributed by atoms with Crippen LogP contribution in [0.25, 0.3) is 0 Å². The standard InChI is InChI=1S/C20H26N2O3/c1-15(23)12-20(2,3)14-22-19(24)17-9-10-21-18(11-17)25-13-16-7-5-4-6-8-16/h4-11,15,23H,12-14H2,1-3H3,(H,22,24). The summed E-state index contributed by atoms with van der Waals surface area (Å²) >= 11 is 0. The number of nitrogens with zero attached hydrogens (tertiary/aromatic N) is 1. The zero-order chi connectivity index (χ0) is 18.3. The fourth-order valence-corrected chi connectivity index (χ4v) is 2.65. The number of ether oxygens (including phenoxy) is 1. The minimum Gasteiger partial charge on any atom is -0.473 e. The van der Waals surface area contributed by atoms with E-state index in [1.54, 1.807) is 25.3 Å². The highest BCUT2D eigenvalue weighted by Gasteiger charge is 2.21. The Morgan fingerprint density at radius 2 is 2.00 bits per heavy atom. The molecule has 25 heavy (non-hydrogen) atoms. The van der Waals surface area contributed by atoms with Crippen molar-refractivity contribution >= 4 is 5.91 Å². The number of nitrogens with one attached hydrogen (secondary N) is 1. The Kier molecular flexibility index (Phi) is 6.53. The van der Waals surface area contributed by atoms with E-state index in [-0.39, 0.29) is 11.3 Å². The van der Waals surface area contributed by atoms with Gasteiger partial charge in [-0.2, -0.15) is 0 Å². The van der Waals surface area contributed by atoms with Crippen molar-refractivity contribution in [3.05, 3.63) is 59.8 Å². The number of carbonyl (C=O) groups excluding carboxylic acids is 1. The van der Waals surface area contributed by atoms with E-state index in [1.807, 2.05) is 44.2 Å². The van der Waals surface area contributed by atoms with Gasteiger partial charge in [0.2, 0.25) is 5.88 Å². The van der Waals surface area contributed by atoms with E-state index < -0.39 is 6.10 Å². The second kappa shape index (κ2) is 8.62. The summed E-state index contributed by atoms with van der Waals surface area (Å²) in [5.74, 6) is 0.241. The minimum absolute atomic E-state index is 0.175. The number of carbonyl (C=O) groups is 1. The molecule has 5 nitrogen and oxygen atoms in total. The molecule has 0 spiro atoms. The number of hydrogen-bond donors (Lipinski definition) is 2. The van der Waals surface area contributed by atoms with Crippen LogP contribution in [0.4, 0.5) is 0 Å². The van der Waals surface area contributed by atoms with Gasteiger partial charge < -0.3 is 15.2 Å². The van der Waals surface area contributed by atoms with Crippen LogP contribution in [0.15, 0.2) is 48.7 Å². The molecular formula is C20H26N2O3. The number of amides is 1. The predicted octanol–water partition coefficient (Wildman–Crippen LogP) is 3.19. The smallest absolute Gasteiger partial charge is 0.251 e. The van der Waals surface area contributed by atoms with Crippen LogP contribution in [-0.4, -0.2) is 28.6 Å². The monoisotopic (exact) mass is 342 g/mol. The van der Waals surface area contributed by atoms with Gasteiger partial charge in [0.15, 0.2) is 0 Å². The van der Waals surface area contributed by atoms with Gasteiger partial charge in [-0.05, 0) is 30.4 Å². The lowest BCUT2D eigenvalue weighted by molar-refractivity contribution is 0.0901. The minimum atomic E-state index is -0.397. The van der Waals surface area contributed by atoms with Crippen LogP contribution in [0, 0.1) is 5.41 Å². The first-order valence-corrected chi connectivity index (χ1v) is 8.45. The van der Waals surface area contributed by atoms with Crippen LogP contribution in [0.1, 0.15) is 43.1 Å². The number of pyridine rings is 1.